The van der Waals surface area contributed by atoms with E-state index in [-0.39, 0.29) is 23.6 Å². The molecule has 2 aromatic carbocycles. The van der Waals surface area contributed by atoms with Gasteiger partial charge in [0.2, 0.25) is 0 Å². The number of hydrogen-bond acceptors (Lipinski definition) is 7. The predicted octanol–water partition coefficient (Wildman–Crippen LogP) is 5.18. The number of esters is 1. The van der Waals surface area contributed by atoms with E-state index < -0.39 is 23.6 Å². The van der Waals surface area contributed by atoms with Gasteiger partial charge in [0.15, 0.2) is 5.82 Å². The lowest BCUT2D eigenvalue weighted by Crippen LogP contribution is -2.30. The van der Waals surface area contributed by atoms with Crippen molar-refractivity contribution in [3.63, 3.8) is 0 Å². The Morgan fingerprint density at radius 2 is 1.82 bits per heavy atom. The molecule has 200 valence electrons. The molecule has 1 aliphatic rings. The monoisotopic (exact) mass is 526 g/mol. The first kappa shape index (κ1) is 27.1. The summed E-state index contributed by atoms with van der Waals surface area (Å²) in [4.78, 5) is 19.7. The minimum absolute atomic E-state index is 0.120. The molecule has 10 heteroatoms. The summed E-state index contributed by atoms with van der Waals surface area (Å²) in [5.41, 5.74) is 2.09. The molecular formula is C28H29F3N4O3. The molecular weight excluding hydrogens is 497 g/mol. The number of dihydropyridines is 1. The highest BCUT2D eigenvalue weighted by molar-refractivity contribution is 5.96. The number of carbonyl (C=O) groups excluding carboxylic acids is 1. The average molecular weight is 527 g/mol. The number of hydrogen-bond donors (Lipinski definition) is 1. The first-order valence-corrected chi connectivity index (χ1v) is 12.1. The van der Waals surface area contributed by atoms with E-state index >= 15 is 0 Å². The van der Waals surface area contributed by atoms with Crippen molar-refractivity contribution in [2.24, 2.45) is 0 Å². The van der Waals surface area contributed by atoms with Crippen LogP contribution in [0.1, 0.15) is 48.2 Å². The Balaban J connectivity index is 1.77. The Morgan fingerprint density at radius 1 is 1.08 bits per heavy atom. The van der Waals surface area contributed by atoms with Crippen molar-refractivity contribution in [1.82, 2.24) is 20.4 Å². The third-order valence-corrected chi connectivity index (χ3v) is 6.20. The van der Waals surface area contributed by atoms with Gasteiger partial charge in [0.25, 0.3) is 5.89 Å². The minimum Gasteiger partial charge on any atom is -0.461 e. The maximum atomic E-state index is 13.6. The molecule has 1 atom stereocenters. The maximum absolute atomic E-state index is 13.6. The van der Waals surface area contributed by atoms with E-state index in [1.165, 1.54) is 6.07 Å². The standard InChI is InChI=1S/C28H29F3N4O3/c1-17-23(26-33-22(34-38-26)15-19-9-6-5-7-10-19)25(20-11-8-12-21(16-20)28(29,30)31)24(18(2)32-17)27(36)37-14-13-35(3)4/h5-12,16,25,32H,13-15H2,1-4H3. The van der Waals surface area contributed by atoms with Crippen LogP contribution in [0.4, 0.5) is 13.2 Å². The van der Waals surface area contributed by atoms with Gasteiger partial charge >= 0.3 is 12.1 Å². The lowest BCUT2D eigenvalue weighted by molar-refractivity contribution is -0.139. The largest absolute Gasteiger partial charge is 0.461 e. The molecule has 0 spiro atoms. The molecule has 1 unspecified atom stereocenters. The highest BCUT2D eigenvalue weighted by Gasteiger charge is 2.39. The number of nitrogens with zero attached hydrogens (tertiary/aromatic N) is 3. The van der Waals surface area contributed by atoms with Crippen molar-refractivity contribution >= 4 is 11.5 Å². The molecule has 0 amide bonds. The number of likely N-dealkylation sites (N-methyl/N-ethyl adjacent to an activating group) is 1. The van der Waals surface area contributed by atoms with Crippen LogP contribution in [0.3, 0.4) is 0 Å². The number of halogens is 3. The van der Waals surface area contributed by atoms with Gasteiger partial charge in [0, 0.05) is 29.9 Å². The number of alkyl halides is 3. The van der Waals surface area contributed by atoms with Crippen LogP contribution in [-0.4, -0.2) is 48.3 Å². The van der Waals surface area contributed by atoms with Gasteiger partial charge in [0.05, 0.1) is 17.1 Å². The topological polar surface area (TPSA) is 80.5 Å². The smallest absolute Gasteiger partial charge is 0.416 e. The summed E-state index contributed by atoms with van der Waals surface area (Å²) in [6, 6.07) is 14.5. The normalized spacial score (nSPS) is 16.2. The fraction of sp³-hybridized carbons (Fsp3) is 0.321. The molecule has 0 radical (unpaired) electrons. The Hall–Kier alpha value is -3.92. The van der Waals surface area contributed by atoms with Crippen molar-refractivity contribution in [2.45, 2.75) is 32.4 Å². The summed E-state index contributed by atoms with van der Waals surface area (Å²) in [5, 5.41) is 7.26. The zero-order valence-corrected chi connectivity index (χ0v) is 21.6. The van der Waals surface area contributed by atoms with Crippen LogP contribution in [0.15, 0.2) is 76.1 Å². The number of ether oxygens (including phenoxy) is 1. The number of nitrogens with one attached hydrogen (secondary N) is 1. The van der Waals surface area contributed by atoms with Gasteiger partial charge < -0.3 is 19.5 Å². The van der Waals surface area contributed by atoms with Crippen molar-refractivity contribution in [3.05, 3.63) is 100.0 Å². The number of aromatic nitrogens is 2. The molecule has 1 aromatic heterocycles. The Kier molecular flexibility index (Phi) is 8.01. The fourth-order valence-electron chi connectivity index (χ4n) is 4.39. The lowest BCUT2D eigenvalue weighted by atomic mass is 9.80. The molecule has 1 aliphatic heterocycles. The summed E-state index contributed by atoms with van der Waals surface area (Å²) in [6.07, 6.45) is -4.15. The Bertz CT molecular complexity index is 1360. The van der Waals surface area contributed by atoms with Gasteiger partial charge in [-0.15, -0.1) is 0 Å². The molecule has 1 N–H and O–H groups in total. The van der Waals surface area contributed by atoms with Crippen molar-refractivity contribution in [3.8, 4) is 0 Å². The number of allylic oxidation sites excluding steroid dienone is 3. The summed E-state index contributed by atoms with van der Waals surface area (Å²) in [5.74, 6) is -1.02. The summed E-state index contributed by atoms with van der Waals surface area (Å²) < 4.78 is 52.1. The molecule has 7 nitrogen and oxygen atoms in total. The second-order valence-corrected chi connectivity index (χ2v) is 9.38. The van der Waals surface area contributed by atoms with Crippen molar-refractivity contribution < 1.29 is 27.2 Å². The highest BCUT2D eigenvalue weighted by Crippen LogP contribution is 2.44. The van der Waals surface area contributed by atoms with E-state index in [1.54, 1.807) is 19.9 Å². The van der Waals surface area contributed by atoms with Crippen LogP contribution < -0.4 is 5.32 Å². The van der Waals surface area contributed by atoms with Gasteiger partial charge in [-0.1, -0.05) is 53.7 Å². The summed E-state index contributed by atoms with van der Waals surface area (Å²) in [7, 11) is 3.69. The van der Waals surface area contributed by atoms with E-state index in [2.05, 4.69) is 15.5 Å². The maximum Gasteiger partial charge on any atom is 0.416 e. The van der Waals surface area contributed by atoms with Gasteiger partial charge in [-0.2, -0.15) is 18.2 Å². The van der Waals surface area contributed by atoms with Crippen LogP contribution in [0.5, 0.6) is 0 Å². The minimum atomic E-state index is -4.56. The number of benzene rings is 2. The van der Waals surface area contributed by atoms with E-state index in [1.807, 2.05) is 49.3 Å². The second-order valence-electron chi connectivity index (χ2n) is 9.38. The molecule has 0 saturated carbocycles. The first-order chi connectivity index (χ1) is 18.0. The second kappa shape index (κ2) is 11.2. The van der Waals surface area contributed by atoms with Crippen LogP contribution in [0, 0.1) is 0 Å². The van der Waals surface area contributed by atoms with E-state index in [0.29, 0.717) is 35.8 Å². The first-order valence-electron chi connectivity index (χ1n) is 12.1. The average Bonchev–Trinajstić information content (AvgIpc) is 3.31. The highest BCUT2D eigenvalue weighted by atomic mass is 19.4. The quantitative estimate of drug-likeness (QED) is 0.406. The van der Waals surface area contributed by atoms with Crippen molar-refractivity contribution in [1.29, 1.82) is 0 Å². The molecule has 0 fully saturated rings. The van der Waals surface area contributed by atoms with Crippen LogP contribution in [0.2, 0.25) is 0 Å². The Labute approximate surface area is 219 Å². The van der Waals surface area contributed by atoms with Crippen LogP contribution >= 0.6 is 0 Å². The zero-order valence-electron chi connectivity index (χ0n) is 21.6. The van der Waals surface area contributed by atoms with Crippen molar-refractivity contribution in [2.75, 3.05) is 27.2 Å². The summed E-state index contributed by atoms with van der Waals surface area (Å²) >= 11 is 0. The van der Waals surface area contributed by atoms with E-state index in [9.17, 15) is 18.0 Å². The zero-order chi connectivity index (χ0) is 27.4. The molecule has 3 aromatic rings. The molecule has 4 rings (SSSR count). The predicted molar refractivity (Wildman–Crippen MR) is 136 cm³/mol. The molecule has 0 aliphatic carbocycles. The fourth-order valence-corrected chi connectivity index (χ4v) is 4.39. The number of rotatable bonds is 8. The van der Waals surface area contributed by atoms with Gasteiger partial charge in [-0.3, -0.25) is 0 Å². The molecule has 38 heavy (non-hydrogen) atoms. The van der Waals surface area contributed by atoms with E-state index in [0.717, 1.165) is 17.7 Å². The number of carbonyl (C=O) groups is 1. The van der Waals surface area contributed by atoms with Crippen LogP contribution in [0.25, 0.3) is 5.57 Å². The Morgan fingerprint density at radius 3 is 2.50 bits per heavy atom. The lowest BCUT2D eigenvalue weighted by Gasteiger charge is -2.30. The third-order valence-electron chi connectivity index (χ3n) is 6.20. The SMILES string of the molecule is CC1=C(C(=O)OCCN(C)C)C(c2cccc(C(F)(F)F)c2)C(c2nc(Cc3ccccc3)no2)=C(C)N1. The van der Waals surface area contributed by atoms with Gasteiger partial charge in [-0.05, 0) is 45.1 Å². The van der Waals surface area contributed by atoms with Crippen LogP contribution in [-0.2, 0) is 22.1 Å². The van der Waals surface area contributed by atoms with Gasteiger partial charge in [-0.25, -0.2) is 4.79 Å². The third kappa shape index (κ3) is 6.13. The molecule has 0 bridgehead atoms. The summed E-state index contributed by atoms with van der Waals surface area (Å²) in [6.45, 7) is 4.07. The van der Waals surface area contributed by atoms with Gasteiger partial charge in [0.1, 0.15) is 6.61 Å². The molecule has 0 saturated heterocycles. The molecule has 2 heterocycles. The van der Waals surface area contributed by atoms with E-state index in [4.69, 9.17) is 9.26 Å².